The predicted octanol–water partition coefficient (Wildman–Crippen LogP) is 6.00. The van der Waals surface area contributed by atoms with Gasteiger partial charge in [-0.2, -0.15) is 8.78 Å². The van der Waals surface area contributed by atoms with Crippen molar-refractivity contribution in [3.8, 4) is 22.2 Å². The van der Waals surface area contributed by atoms with Gasteiger partial charge in [-0.3, -0.25) is 4.72 Å². The van der Waals surface area contributed by atoms with E-state index in [0.717, 1.165) is 21.0 Å². The Labute approximate surface area is 251 Å². The second-order valence-electron chi connectivity index (χ2n) is 10.7. The normalized spacial score (nSPS) is 17.0. The van der Waals surface area contributed by atoms with Gasteiger partial charge in [0, 0.05) is 31.3 Å². The SMILES string of the molecule is Cc1nc(Oc2cc(F)c(NS(=O)(=O)C(F)F)c(F)c2)c(-c2ccnc(N[C@@H]3CN(C(=O)OC(C)(C)C)CC(F)(F)C3)n2)s1. The van der Waals surface area contributed by atoms with Crippen LogP contribution in [0.15, 0.2) is 24.4 Å². The van der Waals surface area contributed by atoms with Crippen molar-refractivity contribution < 1.29 is 49.0 Å². The zero-order chi connectivity index (χ0) is 32.6. The van der Waals surface area contributed by atoms with E-state index in [2.05, 4.69) is 20.3 Å². The van der Waals surface area contributed by atoms with Crippen LogP contribution in [0.2, 0.25) is 0 Å². The van der Waals surface area contributed by atoms with Crippen molar-refractivity contribution in [2.24, 2.45) is 0 Å². The van der Waals surface area contributed by atoms with Crippen molar-refractivity contribution in [3.63, 3.8) is 0 Å². The number of aryl methyl sites for hydroxylation is 1. The monoisotopic (exact) mass is 668 g/mol. The molecule has 1 atom stereocenters. The minimum atomic E-state index is -5.35. The van der Waals surface area contributed by atoms with Gasteiger partial charge in [0.05, 0.1) is 23.3 Å². The Morgan fingerprint density at radius 2 is 1.84 bits per heavy atom. The summed E-state index contributed by atoms with van der Waals surface area (Å²) in [5.41, 5.74) is -2.02. The minimum Gasteiger partial charge on any atom is -0.444 e. The first-order valence-electron chi connectivity index (χ1n) is 12.7. The molecule has 0 radical (unpaired) electrons. The minimum absolute atomic E-state index is 0.0703. The van der Waals surface area contributed by atoms with Crippen molar-refractivity contribution in [1.29, 1.82) is 0 Å². The number of nitrogens with zero attached hydrogens (tertiary/aromatic N) is 4. The Morgan fingerprint density at radius 3 is 2.45 bits per heavy atom. The van der Waals surface area contributed by atoms with Crippen molar-refractivity contribution in [2.75, 3.05) is 23.1 Å². The molecule has 1 aliphatic rings. The number of thiazole rings is 1. The van der Waals surface area contributed by atoms with Gasteiger partial charge in [-0.1, -0.05) is 0 Å². The number of rotatable bonds is 8. The Morgan fingerprint density at radius 1 is 1.18 bits per heavy atom. The van der Waals surface area contributed by atoms with Crippen molar-refractivity contribution in [3.05, 3.63) is 41.0 Å². The summed E-state index contributed by atoms with van der Waals surface area (Å²) in [6.45, 7) is 5.51. The number of sulfonamides is 1. The Balaban J connectivity index is 1.55. The van der Waals surface area contributed by atoms with E-state index in [-0.39, 0.29) is 28.9 Å². The molecule has 1 fully saturated rings. The number of halogens is 6. The van der Waals surface area contributed by atoms with Crippen LogP contribution in [0.1, 0.15) is 32.2 Å². The third kappa shape index (κ3) is 8.19. The summed E-state index contributed by atoms with van der Waals surface area (Å²) in [6, 6.07) is 1.62. The van der Waals surface area contributed by atoms with E-state index < -0.39 is 75.5 Å². The number of aromatic nitrogens is 3. The number of carbonyl (C=O) groups is 1. The number of nitrogens with one attached hydrogen (secondary N) is 2. The second-order valence-corrected chi connectivity index (χ2v) is 13.5. The van der Waals surface area contributed by atoms with Crippen molar-refractivity contribution in [2.45, 2.75) is 57.4 Å². The summed E-state index contributed by atoms with van der Waals surface area (Å²) in [6.07, 6.45) is -0.193. The maximum Gasteiger partial charge on any atom is 0.410 e. The highest BCUT2D eigenvalue weighted by Crippen LogP contribution is 2.38. The number of anilines is 2. The average molecular weight is 669 g/mol. The molecule has 0 saturated carbocycles. The van der Waals surface area contributed by atoms with Gasteiger partial charge in [-0.25, -0.2) is 45.7 Å². The van der Waals surface area contributed by atoms with Gasteiger partial charge < -0.3 is 19.7 Å². The van der Waals surface area contributed by atoms with Crippen LogP contribution < -0.4 is 14.8 Å². The first-order chi connectivity index (χ1) is 20.3. The fourth-order valence-corrected chi connectivity index (χ4v) is 5.43. The number of piperidine rings is 1. The maximum absolute atomic E-state index is 14.5. The third-order valence-electron chi connectivity index (χ3n) is 5.69. The molecule has 0 unspecified atom stereocenters. The number of amides is 1. The average Bonchev–Trinajstić information content (AvgIpc) is 3.24. The molecule has 1 aromatic carbocycles. The van der Waals surface area contributed by atoms with Crippen LogP contribution in [0.4, 0.5) is 42.8 Å². The van der Waals surface area contributed by atoms with Crippen LogP contribution in [0.25, 0.3) is 10.6 Å². The van der Waals surface area contributed by atoms with E-state index in [1.165, 1.54) is 12.3 Å². The Bertz CT molecular complexity index is 1630. The molecular weight excluding hydrogens is 642 g/mol. The van der Waals surface area contributed by atoms with Gasteiger partial charge in [0.15, 0.2) is 11.6 Å². The van der Waals surface area contributed by atoms with E-state index >= 15 is 0 Å². The molecule has 1 saturated heterocycles. The van der Waals surface area contributed by atoms with Gasteiger partial charge in [0.1, 0.15) is 21.9 Å². The highest BCUT2D eigenvalue weighted by Gasteiger charge is 2.43. The van der Waals surface area contributed by atoms with Gasteiger partial charge in [-0.05, 0) is 33.8 Å². The standard InChI is InChI=1S/C25H26F6N6O5S2/c1-12-33-20(41-14-7-15(26)18(16(27)8-14)36-44(39,40)21(28)29)19(43-12)17-5-6-32-22(35-17)34-13-9-25(30,31)11-37(10-13)23(38)42-24(2,3)4/h5-8,13,21,36H,9-11H2,1-4H3,(H,32,34,35)/t13-/m0/s1. The molecule has 4 rings (SSSR count). The highest BCUT2D eigenvalue weighted by atomic mass is 32.2. The summed E-state index contributed by atoms with van der Waals surface area (Å²) in [4.78, 5) is 26.2. The van der Waals surface area contributed by atoms with E-state index in [9.17, 15) is 39.6 Å². The molecule has 0 bridgehead atoms. The number of ether oxygens (including phenoxy) is 2. The lowest BCUT2D eigenvalue weighted by molar-refractivity contribution is -0.0723. The fourth-order valence-electron chi connectivity index (χ4n) is 4.04. The highest BCUT2D eigenvalue weighted by molar-refractivity contribution is 7.93. The number of benzene rings is 1. The first kappa shape index (κ1) is 33.0. The first-order valence-corrected chi connectivity index (χ1v) is 15.1. The molecule has 3 heterocycles. The van der Waals surface area contributed by atoms with Gasteiger partial charge in [0.25, 0.3) is 15.9 Å². The lowest BCUT2D eigenvalue weighted by atomic mass is 10.0. The van der Waals surface area contributed by atoms with Crippen molar-refractivity contribution in [1.82, 2.24) is 19.9 Å². The molecule has 2 N–H and O–H groups in total. The van der Waals surface area contributed by atoms with Crippen molar-refractivity contribution >= 4 is 39.1 Å². The van der Waals surface area contributed by atoms with E-state index in [1.807, 2.05) is 0 Å². The summed E-state index contributed by atoms with van der Waals surface area (Å²) in [7, 11) is -5.35. The molecule has 0 spiro atoms. The largest absolute Gasteiger partial charge is 0.444 e. The molecular formula is C25H26F6N6O5S2. The van der Waals surface area contributed by atoms with Gasteiger partial charge in [0.2, 0.25) is 11.8 Å². The summed E-state index contributed by atoms with van der Waals surface area (Å²) in [5.74, 6) is -10.9. The smallest absolute Gasteiger partial charge is 0.410 e. The fraction of sp³-hybridized carbons (Fsp3) is 0.440. The molecule has 3 aromatic rings. The lowest BCUT2D eigenvalue weighted by Crippen LogP contribution is -2.54. The van der Waals surface area contributed by atoms with Crippen LogP contribution in [-0.4, -0.2) is 70.8 Å². The predicted molar refractivity (Wildman–Crippen MR) is 148 cm³/mol. The molecule has 11 nitrogen and oxygen atoms in total. The van der Waals surface area contributed by atoms with E-state index in [1.54, 1.807) is 27.7 Å². The quantitative estimate of drug-likeness (QED) is 0.277. The Hall–Kier alpha value is -3.87. The molecule has 44 heavy (non-hydrogen) atoms. The van der Waals surface area contributed by atoms with Gasteiger partial charge >= 0.3 is 11.9 Å². The van der Waals surface area contributed by atoms with Crippen LogP contribution in [-0.2, 0) is 14.8 Å². The molecule has 1 amide bonds. The number of carbonyl (C=O) groups excluding carboxylic acids is 1. The number of likely N-dealkylation sites (tertiary alicyclic amines) is 1. The number of hydrogen-bond donors (Lipinski definition) is 2. The van der Waals surface area contributed by atoms with Crippen LogP contribution in [0.5, 0.6) is 11.6 Å². The maximum atomic E-state index is 14.5. The molecule has 19 heteroatoms. The zero-order valence-electron chi connectivity index (χ0n) is 23.5. The summed E-state index contributed by atoms with van der Waals surface area (Å²) >= 11 is 1.07. The summed E-state index contributed by atoms with van der Waals surface area (Å²) < 4.78 is 118. The number of alkyl halides is 4. The van der Waals surface area contributed by atoms with Crippen LogP contribution in [0.3, 0.4) is 0 Å². The van der Waals surface area contributed by atoms with E-state index in [4.69, 9.17) is 9.47 Å². The molecule has 240 valence electrons. The van der Waals surface area contributed by atoms with Crippen LogP contribution in [0, 0.1) is 18.6 Å². The topological polar surface area (TPSA) is 136 Å². The Kier molecular flexibility index (Phi) is 9.20. The molecule has 1 aliphatic heterocycles. The second kappa shape index (κ2) is 12.3. The third-order valence-corrected chi connectivity index (χ3v) is 7.63. The molecule has 0 aliphatic carbocycles. The van der Waals surface area contributed by atoms with Gasteiger partial charge in [-0.15, -0.1) is 11.3 Å². The number of hydrogen-bond acceptors (Lipinski definition) is 10. The van der Waals surface area contributed by atoms with Crippen LogP contribution >= 0.6 is 11.3 Å². The summed E-state index contributed by atoms with van der Waals surface area (Å²) in [5, 5.41) is 3.24. The van der Waals surface area contributed by atoms with E-state index in [0.29, 0.717) is 17.1 Å². The zero-order valence-corrected chi connectivity index (χ0v) is 25.1. The lowest BCUT2D eigenvalue weighted by Gasteiger charge is -2.38. The molecule has 2 aromatic heterocycles.